The van der Waals surface area contributed by atoms with Gasteiger partial charge in [-0.3, -0.25) is 13.9 Å². The minimum Gasteiger partial charge on any atom is -0.486 e. The summed E-state index contributed by atoms with van der Waals surface area (Å²) in [5.41, 5.74) is 1.85. The average Bonchev–Trinajstić information content (AvgIpc) is 2.99. The van der Waals surface area contributed by atoms with E-state index in [4.69, 9.17) is 9.47 Å². The zero-order valence-electron chi connectivity index (χ0n) is 24.9. The Labute approximate surface area is 252 Å². The largest absolute Gasteiger partial charge is 0.486 e. The molecule has 230 valence electrons. The lowest BCUT2D eigenvalue weighted by atomic mass is 10.1. The highest BCUT2D eigenvalue weighted by Crippen LogP contribution is 2.34. The van der Waals surface area contributed by atoms with Gasteiger partial charge < -0.3 is 19.7 Å². The van der Waals surface area contributed by atoms with Crippen molar-refractivity contribution in [2.24, 2.45) is 5.92 Å². The van der Waals surface area contributed by atoms with E-state index < -0.39 is 34.3 Å². The van der Waals surface area contributed by atoms with Gasteiger partial charge in [0.2, 0.25) is 11.8 Å². The summed E-state index contributed by atoms with van der Waals surface area (Å²) in [5.74, 6) is -0.571. The van der Waals surface area contributed by atoms with E-state index >= 15 is 0 Å². The minimum absolute atomic E-state index is 0.0952. The van der Waals surface area contributed by atoms with Gasteiger partial charge in [0.1, 0.15) is 31.6 Å². The zero-order chi connectivity index (χ0) is 31.1. The quantitative estimate of drug-likeness (QED) is 0.319. The maximum absolute atomic E-state index is 14.2. The van der Waals surface area contributed by atoms with E-state index in [0.29, 0.717) is 25.3 Å². The van der Waals surface area contributed by atoms with Crippen molar-refractivity contribution in [1.29, 1.82) is 0 Å². The first kappa shape index (κ1) is 31.8. The predicted molar refractivity (Wildman–Crippen MR) is 162 cm³/mol. The molecule has 3 aromatic carbocycles. The number of ether oxygens (including phenoxy) is 2. The number of sulfonamides is 1. The fourth-order valence-electron chi connectivity index (χ4n) is 4.76. The van der Waals surface area contributed by atoms with Crippen molar-refractivity contribution in [1.82, 2.24) is 10.2 Å². The highest BCUT2D eigenvalue weighted by atomic mass is 32.2. The number of carbonyl (C=O) groups excluding carboxylic acids is 2. The molecular weight excluding hydrogens is 573 g/mol. The second kappa shape index (κ2) is 13.9. The summed E-state index contributed by atoms with van der Waals surface area (Å²) in [5, 5.41) is 2.91. The number of amides is 2. The van der Waals surface area contributed by atoms with Crippen LogP contribution in [0.25, 0.3) is 0 Å². The molecule has 0 saturated carbocycles. The molecule has 1 heterocycles. The monoisotopic (exact) mass is 611 g/mol. The molecule has 1 N–H and O–H groups in total. The maximum atomic E-state index is 14.2. The van der Waals surface area contributed by atoms with Gasteiger partial charge in [0, 0.05) is 19.2 Å². The third-order valence-corrected chi connectivity index (χ3v) is 8.94. The van der Waals surface area contributed by atoms with Crippen LogP contribution in [-0.4, -0.2) is 57.5 Å². The van der Waals surface area contributed by atoms with Crippen LogP contribution in [0, 0.1) is 18.7 Å². The Balaban J connectivity index is 1.74. The van der Waals surface area contributed by atoms with Crippen molar-refractivity contribution >= 4 is 27.5 Å². The van der Waals surface area contributed by atoms with Crippen molar-refractivity contribution in [2.75, 3.05) is 30.6 Å². The first-order valence-electron chi connectivity index (χ1n) is 14.3. The Morgan fingerprint density at radius 3 is 2.30 bits per heavy atom. The van der Waals surface area contributed by atoms with Crippen LogP contribution in [0.1, 0.15) is 38.3 Å². The number of carbonyl (C=O) groups is 2. The molecule has 1 aliphatic rings. The van der Waals surface area contributed by atoms with Gasteiger partial charge in [-0.2, -0.15) is 0 Å². The molecule has 11 heteroatoms. The number of aryl methyl sites for hydroxylation is 1. The minimum atomic E-state index is -4.36. The summed E-state index contributed by atoms with van der Waals surface area (Å²) in [7, 11) is -4.36. The number of halogens is 1. The third-order valence-electron chi connectivity index (χ3n) is 7.17. The van der Waals surface area contributed by atoms with E-state index in [1.165, 1.54) is 35.2 Å². The van der Waals surface area contributed by atoms with E-state index in [9.17, 15) is 22.4 Å². The lowest BCUT2D eigenvalue weighted by molar-refractivity contribution is -0.140. The lowest BCUT2D eigenvalue weighted by Gasteiger charge is -2.33. The summed E-state index contributed by atoms with van der Waals surface area (Å²) >= 11 is 0. The Morgan fingerprint density at radius 1 is 0.977 bits per heavy atom. The molecule has 43 heavy (non-hydrogen) atoms. The summed E-state index contributed by atoms with van der Waals surface area (Å²) in [6.45, 7) is 8.18. The van der Waals surface area contributed by atoms with Crippen molar-refractivity contribution in [2.45, 2.75) is 51.6 Å². The van der Waals surface area contributed by atoms with Gasteiger partial charge in [-0.1, -0.05) is 45.0 Å². The molecule has 0 radical (unpaired) electrons. The summed E-state index contributed by atoms with van der Waals surface area (Å²) in [6, 6.07) is 15.8. The van der Waals surface area contributed by atoms with Crippen molar-refractivity contribution in [3.8, 4) is 11.5 Å². The van der Waals surface area contributed by atoms with Crippen molar-refractivity contribution in [3.63, 3.8) is 0 Å². The van der Waals surface area contributed by atoms with Crippen LogP contribution in [0.15, 0.2) is 71.6 Å². The molecule has 4 rings (SSSR count). The average molecular weight is 612 g/mol. The molecule has 2 amide bonds. The van der Waals surface area contributed by atoms with Crippen LogP contribution >= 0.6 is 0 Å². The highest BCUT2D eigenvalue weighted by Gasteiger charge is 2.34. The van der Waals surface area contributed by atoms with Gasteiger partial charge >= 0.3 is 0 Å². The molecule has 0 saturated heterocycles. The number of hydrogen-bond acceptors (Lipinski definition) is 6. The smallest absolute Gasteiger partial charge is 0.264 e. The van der Waals surface area contributed by atoms with Crippen LogP contribution in [0.3, 0.4) is 0 Å². The number of hydrogen-bond donors (Lipinski definition) is 1. The Morgan fingerprint density at radius 2 is 1.65 bits per heavy atom. The summed E-state index contributed by atoms with van der Waals surface area (Å²) < 4.78 is 54.2. The molecule has 0 aliphatic carbocycles. The first-order valence-corrected chi connectivity index (χ1v) is 15.7. The van der Waals surface area contributed by atoms with Crippen LogP contribution in [0.4, 0.5) is 10.1 Å². The number of rotatable bonds is 12. The van der Waals surface area contributed by atoms with Gasteiger partial charge in [0.15, 0.2) is 11.5 Å². The lowest BCUT2D eigenvalue weighted by Crippen LogP contribution is -2.52. The molecule has 1 aliphatic heterocycles. The SMILES string of the molecule is CCC(C(=O)NCC(C)C)N(Cc1ccccc1C)C(=O)CN(c1ccc(F)cc1)S(=O)(=O)c1ccc2c(c1)OCCO2. The zero-order valence-corrected chi connectivity index (χ0v) is 25.7. The van der Waals surface area contributed by atoms with Gasteiger partial charge in [0.05, 0.1) is 10.6 Å². The standard InChI is InChI=1S/C32H38FN3O6S/c1-5-28(32(38)34-19-22(2)3)35(20-24-9-7-6-8-23(24)4)31(37)21-36(26-12-10-25(33)11-13-26)43(39,40)27-14-15-29-30(18-27)42-17-16-41-29/h6-15,18,22,28H,5,16-17,19-21H2,1-4H3,(H,34,38). The normalized spacial score (nSPS) is 13.3. The molecule has 0 aromatic heterocycles. The van der Waals surface area contributed by atoms with Gasteiger partial charge in [-0.05, 0) is 66.8 Å². The number of nitrogens with one attached hydrogen (secondary N) is 1. The van der Waals surface area contributed by atoms with Crippen LogP contribution < -0.4 is 19.1 Å². The number of benzene rings is 3. The molecule has 0 spiro atoms. The summed E-state index contributed by atoms with van der Waals surface area (Å²) in [6.07, 6.45) is 0.313. The van der Waals surface area contributed by atoms with Gasteiger partial charge in [-0.25, -0.2) is 12.8 Å². The van der Waals surface area contributed by atoms with Crippen molar-refractivity contribution in [3.05, 3.63) is 83.7 Å². The van der Waals surface area contributed by atoms with Crippen LogP contribution in [0.2, 0.25) is 0 Å². The Bertz CT molecular complexity index is 1540. The molecule has 0 fully saturated rings. The Hall–Kier alpha value is -4.12. The topological polar surface area (TPSA) is 105 Å². The molecule has 9 nitrogen and oxygen atoms in total. The number of anilines is 1. The second-order valence-electron chi connectivity index (χ2n) is 10.8. The third kappa shape index (κ3) is 7.64. The van der Waals surface area contributed by atoms with Gasteiger partial charge in [0.25, 0.3) is 10.0 Å². The fraction of sp³-hybridized carbons (Fsp3) is 0.375. The van der Waals surface area contributed by atoms with Gasteiger partial charge in [-0.15, -0.1) is 0 Å². The van der Waals surface area contributed by atoms with Crippen LogP contribution in [-0.2, 0) is 26.2 Å². The number of nitrogens with zero attached hydrogens (tertiary/aromatic N) is 2. The second-order valence-corrected chi connectivity index (χ2v) is 12.7. The van der Waals surface area contributed by atoms with E-state index in [1.54, 1.807) is 6.92 Å². The molecule has 1 atom stereocenters. The van der Waals surface area contributed by atoms with E-state index in [-0.39, 0.29) is 41.3 Å². The molecule has 3 aromatic rings. The highest BCUT2D eigenvalue weighted by molar-refractivity contribution is 7.92. The Kier molecular flexibility index (Phi) is 10.3. The number of fused-ring (bicyclic) bond motifs is 1. The molecular formula is C32H38FN3O6S. The first-order chi connectivity index (χ1) is 20.5. The fourth-order valence-corrected chi connectivity index (χ4v) is 6.19. The molecule has 1 unspecified atom stereocenters. The van der Waals surface area contributed by atoms with E-state index in [0.717, 1.165) is 27.6 Å². The summed E-state index contributed by atoms with van der Waals surface area (Å²) in [4.78, 5) is 28.8. The van der Waals surface area contributed by atoms with Crippen molar-refractivity contribution < 1.29 is 31.9 Å². The molecule has 0 bridgehead atoms. The maximum Gasteiger partial charge on any atom is 0.264 e. The van der Waals surface area contributed by atoms with E-state index in [2.05, 4.69) is 5.32 Å². The van der Waals surface area contributed by atoms with E-state index in [1.807, 2.05) is 45.0 Å². The predicted octanol–water partition coefficient (Wildman–Crippen LogP) is 4.68. The van der Waals surface area contributed by atoms with Crippen LogP contribution in [0.5, 0.6) is 11.5 Å².